The van der Waals surface area contributed by atoms with E-state index in [2.05, 4.69) is 4.99 Å². The van der Waals surface area contributed by atoms with Crippen molar-refractivity contribution in [2.45, 2.75) is 26.3 Å². The van der Waals surface area contributed by atoms with Gasteiger partial charge in [0.1, 0.15) is 0 Å². The molecule has 2 heteroatoms. The van der Waals surface area contributed by atoms with Crippen LogP contribution in [-0.2, 0) is 0 Å². The Balaban J connectivity index is 3.44. The Kier molecular flexibility index (Phi) is 6.08. The van der Waals surface area contributed by atoms with Gasteiger partial charge in [-0.3, -0.25) is 4.99 Å². The molecule has 0 aromatic carbocycles. The lowest BCUT2D eigenvalue weighted by atomic mass is 10.3. The molecule has 0 fully saturated rings. The van der Waals surface area contributed by atoms with Crippen LogP contribution in [0.3, 0.4) is 0 Å². The van der Waals surface area contributed by atoms with Gasteiger partial charge in [0, 0.05) is 18.9 Å². The summed E-state index contributed by atoms with van der Waals surface area (Å²) in [6.45, 7) is 4.15. The van der Waals surface area contributed by atoms with Crippen LogP contribution in [0, 0.1) is 0 Å². The summed E-state index contributed by atoms with van der Waals surface area (Å²) in [6.07, 6.45) is 6.32. The van der Waals surface area contributed by atoms with E-state index in [-0.39, 0.29) is 12.6 Å². The predicted molar refractivity (Wildman–Crippen MR) is 44.5 cm³/mol. The van der Waals surface area contributed by atoms with E-state index < -0.39 is 0 Å². The van der Waals surface area contributed by atoms with Gasteiger partial charge in [-0.2, -0.15) is 0 Å². The number of rotatable bonds is 4. The molecule has 10 heavy (non-hydrogen) atoms. The second-order valence-electron chi connectivity index (χ2n) is 2.19. The summed E-state index contributed by atoms with van der Waals surface area (Å²) >= 11 is 0. The fraction of sp³-hybridized carbons (Fsp3) is 0.625. The van der Waals surface area contributed by atoms with E-state index >= 15 is 0 Å². The number of allylic oxidation sites excluding steroid dienone is 2. The Bertz CT molecular complexity index is 118. The summed E-state index contributed by atoms with van der Waals surface area (Å²) in [4.78, 5) is 4.13. The Labute approximate surface area is 62.3 Å². The third kappa shape index (κ3) is 5.51. The highest BCUT2D eigenvalue weighted by molar-refractivity contribution is 5.70. The van der Waals surface area contributed by atoms with E-state index in [1.54, 1.807) is 6.21 Å². The maximum Gasteiger partial charge on any atom is 0.0493 e. The fourth-order valence-electron chi connectivity index (χ4n) is 0.544. The van der Waals surface area contributed by atoms with Crippen molar-refractivity contribution < 1.29 is 5.11 Å². The number of aliphatic hydroxyl groups is 1. The smallest absolute Gasteiger partial charge is 0.0493 e. The van der Waals surface area contributed by atoms with Crippen LogP contribution >= 0.6 is 0 Å². The summed E-state index contributed by atoms with van der Waals surface area (Å²) < 4.78 is 0. The molecule has 1 atom stereocenters. The molecule has 0 radical (unpaired) electrons. The molecule has 1 N–H and O–H groups in total. The molecule has 0 spiro atoms. The van der Waals surface area contributed by atoms with Crippen molar-refractivity contribution >= 4 is 6.21 Å². The van der Waals surface area contributed by atoms with Gasteiger partial charge < -0.3 is 5.11 Å². The highest BCUT2D eigenvalue weighted by atomic mass is 16.3. The van der Waals surface area contributed by atoms with Crippen LogP contribution in [-0.4, -0.2) is 24.0 Å². The van der Waals surface area contributed by atoms with Crippen LogP contribution in [0.2, 0.25) is 0 Å². The van der Waals surface area contributed by atoms with E-state index in [0.29, 0.717) is 0 Å². The molecule has 0 aromatic rings. The number of aliphatic imine (C=N–C) groups is 1. The number of hydrogen-bond acceptors (Lipinski definition) is 2. The topological polar surface area (TPSA) is 32.6 Å². The average Bonchev–Trinajstić information content (AvgIpc) is 1.89. The quantitative estimate of drug-likeness (QED) is 0.590. The van der Waals surface area contributed by atoms with Crippen molar-refractivity contribution in [2.75, 3.05) is 6.61 Å². The lowest BCUT2D eigenvalue weighted by Crippen LogP contribution is -2.00. The van der Waals surface area contributed by atoms with E-state index in [0.717, 1.165) is 6.42 Å². The Morgan fingerprint density at radius 3 is 2.80 bits per heavy atom. The van der Waals surface area contributed by atoms with Gasteiger partial charge in [0.25, 0.3) is 0 Å². The summed E-state index contributed by atoms with van der Waals surface area (Å²) in [6, 6.07) is 0.237. The summed E-state index contributed by atoms with van der Waals surface area (Å²) in [5, 5.41) is 8.50. The Morgan fingerprint density at radius 1 is 1.60 bits per heavy atom. The SMILES string of the molecule is C/C=C\C=NC(C)CCO. The van der Waals surface area contributed by atoms with Crippen LogP contribution in [0.5, 0.6) is 0 Å². The first-order chi connectivity index (χ1) is 4.81. The molecule has 0 rings (SSSR count). The first-order valence-electron chi connectivity index (χ1n) is 3.56. The van der Waals surface area contributed by atoms with Gasteiger partial charge in [0.2, 0.25) is 0 Å². The molecule has 0 aliphatic carbocycles. The van der Waals surface area contributed by atoms with Gasteiger partial charge in [0.05, 0.1) is 0 Å². The Morgan fingerprint density at radius 2 is 2.30 bits per heavy atom. The first kappa shape index (κ1) is 9.37. The molecule has 0 aromatic heterocycles. The highest BCUT2D eigenvalue weighted by Gasteiger charge is 1.92. The second-order valence-corrected chi connectivity index (χ2v) is 2.19. The molecule has 0 aliphatic rings. The molecule has 0 saturated carbocycles. The molecular weight excluding hydrogens is 126 g/mol. The van der Waals surface area contributed by atoms with Gasteiger partial charge in [-0.25, -0.2) is 0 Å². The van der Waals surface area contributed by atoms with Crippen molar-refractivity contribution in [2.24, 2.45) is 4.99 Å². The lowest BCUT2D eigenvalue weighted by molar-refractivity contribution is 0.279. The van der Waals surface area contributed by atoms with Crippen LogP contribution in [0.25, 0.3) is 0 Å². The van der Waals surface area contributed by atoms with E-state index in [4.69, 9.17) is 5.11 Å². The van der Waals surface area contributed by atoms with Gasteiger partial charge in [-0.15, -0.1) is 0 Å². The molecular formula is C8H15NO. The van der Waals surface area contributed by atoms with E-state index in [1.807, 2.05) is 26.0 Å². The molecule has 0 saturated heterocycles. The number of hydrogen-bond donors (Lipinski definition) is 1. The van der Waals surface area contributed by atoms with Crippen LogP contribution in [0.4, 0.5) is 0 Å². The summed E-state index contributed by atoms with van der Waals surface area (Å²) in [5.41, 5.74) is 0. The molecule has 0 amide bonds. The molecule has 0 bridgehead atoms. The first-order valence-corrected chi connectivity index (χ1v) is 3.56. The molecule has 2 nitrogen and oxygen atoms in total. The van der Waals surface area contributed by atoms with Gasteiger partial charge in [-0.05, 0) is 26.3 Å². The largest absolute Gasteiger partial charge is 0.396 e. The number of nitrogens with zero attached hydrogens (tertiary/aromatic N) is 1. The minimum atomic E-state index is 0.217. The average molecular weight is 141 g/mol. The van der Waals surface area contributed by atoms with Gasteiger partial charge in [-0.1, -0.05) is 6.08 Å². The Hall–Kier alpha value is -0.630. The summed E-state index contributed by atoms with van der Waals surface area (Å²) in [7, 11) is 0. The lowest BCUT2D eigenvalue weighted by Gasteiger charge is -1.99. The highest BCUT2D eigenvalue weighted by Crippen LogP contribution is 1.93. The zero-order valence-corrected chi connectivity index (χ0v) is 6.62. The van der Waals surface area contributed by atoms with Gasteiger partial charge in [0.15, 0.2) is 0 Å². The molecule has 58 valence electrons. The van der Waals surface area contributed by atoms with Crippen molar-refractivity contribution in [1.29, 1.82) is 0 Å². The third-order valence-electron chi connectivity index (χ3n) is 1.17. The molecule has 0 heterocycles. The second kappa shape index (κ2) is 6.49. The fourth-order valence-corrected chi connectivity index (χ4v) is 0.544. The van der Waals surface area contributed by atoms with Crippen molar-refractivity contribution in [1.82, 2.24) is 0 Å². The third-order valence-corrected chi connectivity index (χ3v) is 1.17. The summed E-state index contributed by atoms with van der Waals surface area (Å²) in [5.74, 6) is 0. The van der Waals surface area contributed by atoms with Crippen molar-refractivity contribution in [3.63, 3.8) is 0 Å². The number of aliphatic hydroxyl groups excluding tert-OH is 1. The van der Waals surface area contributed by atoms with E-state index in [1.165, 1.54) is 0 Å². The standard InChI is InChI=1S/C8H15NO/c1-3-4-6-9-8(2)5-7-10/h3-4,6,8,10H,5,7H2,1-2H3/b4-3-,9-6?. The van der Waals surface area contributed by atoms with Crippen molar-refractivity contribution in [3.8, 4) is 0 Å². The van der Waals surface area contributed by atoms with Crippen LogP contribution in [0.1, 0.15) is 20.3 Å². The zero-order valence-electron chi connectivity index (χ0n) is 6.62. The van der Waals surface area contributed by atoms with Crippen LogP contribution < -0.4 is 0 Å². The van der Waals surface area contributed by atoms with Crippen LogP contribution in [0.15, 0.2) is 17.1 Å². The maximum atomic E-state index is 8.50. The minimum absolute atomic E-state index is 0.217. The van der Waals surface area contributed by atoms with Gasteiger partial charge >= 0.3 is 0 Å². The maximum absolute atomic E-state index is 8.50. The monoisotopic (exact) mass is 141 g/mol. The molecule has 1 unspecified atom stereocenters. The van der Waals surface area contributed by atoms with Crippen molar-refractivity contribution in [3.05, 3.63) is 12.2 Å². The predicted octanol–water partition coefficient (Wildman–Crippen LogP) is 1.40. The van der Waals surface area contributed by atoms with E-state index in [9.17, 15) is 0 Å². The minimum Gasteiger partial charge on any atom is -0.396 e. The zero-order chi connectivity index (χ0) is 7.82. The normalized spacial score (nSPS) is 15.1. The molecule has 0 aliphatic heterocycles.